The topological polar surface area (TPSA) is 6.48 Å². The molecule has 0 spiro atoms. The molecule has 2 heteroatoms. The summed E-state index contributed by atoms with van der Waals surface area (Å²) in [6, 6.07) is 43.6. The van der Waals surface area contributed by atoms with E-state index in [0.717, 1.165) is 35.6 Å². The average molecular weight is 611 g/mol. The van der Waals surface area contributed by atoms with E-state index in [1.165, 1.54) is 39.1 Å². The van der Waals surface area contributed by atoms with Crippen molar-refractivity contribution in [1.29, 1.82) is 0 Å². The van der Waals surface area contributed by atoms with E-state index >= 15 is 0 Å². The van der Waals surface area contributed by atoms with Crippen molar-refractivity contribution in [2.24, 2.45) is 0 Å². The lowest BCUT2D eigenvalue weighted by Crippen LogP contribution is -2.16. The van der Waals surface area contributed by atoms with Crippen LogP contribution < -0.4 is 9.80 Å². The van der Waals surface area contributed by atoms with Gasteiger partial charge < -0.3 is 9.80 Å². The van der Waals surface area contributed by atoms with Crippen LogP contribution >= 0.6 is 0 Å². The van der Waals surface area contributed by atoms with Crippen molar-refractivity contribution >= 4 is 22.7 Å². The summed E-state index contributed by atoms with van der Waals surface area (Å²) in [5, 5.41) is 0. The lowest BCUT2D eigenvalue weighted by atomic mass is 9.91. The van der Waals surface area contributed by atoms with Crippen molar-refractivity contribution in [2.45, 2.75) is 32.6 Å². The van der Waals surface area contributed by atoms with Gasteiger partial charge in [-0.2, -0.15) is 0 Å². The molecule has 1 atom stereocenters. The number of benzene rings is 5. The number of rotatable bonds is 9. The monoisotopic (exact) mass is 610 g/mol. The van der Waals surface area contributed by atoms with Gasteiger partial charge in [-0.15, -0.1) is 0 Å². The predicted molar refractivity (Wildman–Crippen MR) is 204 cm³/mol. The van der Waals surface area contributed by atoms with Crippen LogP contribution in [0.25, 0.3) is 22.3 Å². The SMILES string of the molecule is C=CC(=C)N(c1ccccc1)c1ccc(-c2ccc3c(c2)C(C)C/C=C\C=C\N3c2ccc(-c3ccccc3)cc2)cc1C/C=C\C. The third kappa shape index (κ3) is 6.98. The molecule has 0 aromatic heterocycles. The number of hydrogen-bond acceptors (Lipinski definition) is 2. The van der Waals surface area contributed by atoms with Gasteiger partial charge in [0.15, 0.2) is 0 Å². The van der Waals surface area contributed by atoms with Crippen LogP contribution in [0.3, 0.4) is 0 Å². The number of allylic oxidation sites excluding steroid dienone is 6. The van der Waals surface area contributed by atoms with E-state index in [-0.39, 0.29) is 0 Å². The zero-order chi connectivity index (χ0) is 32.6. The summed E-state index contributed by atoms with van der Waals surface area (Å²) < 4.78 is 0. The second-order valence-electron chi connectivity index (χ2n) is 11.9. The Morgan fingerprint density at radius 1 is 0.787 bits per heavy atom. The molecule has 1 aliphatic heterocycles. The summed E-state index contributed by atoms with van der Waals surface area (Å²) in [5.41, 5.74) is 12.8. The molecule has 0 radical (unpaired) electrons. The van der Waals surface area contributed by atoms with E-state index in [9.17, 15) is 0 Å². The van der Waals surface area contributed by atoms with Gasteiger partial charge in [-0.1, -0.05) is 117 Å². The molecule has 0 amide bonds. The van der Waals surface area contributed by atoms with Crippen LogP contribution in [0.5, 0.6) is 0 Å². The molecule has 5 aromatic rings. The molecule has 1 heterocycles. The average Bonchev–Trinajstić information content (AvgIpc) is 3.20. The van der Waals surface area contributed by atoms with E-state index in [4.69, 9.17) is 0 Å². The number of fused-ring (bicyclic) bond motifs is 1. The lowest BCUT2D eigenvalue weighted by Gasteiger charge is -2.28. The summed E-state index contributed by atoms with van der Waals surface area (Å²) in [5.74, 6) is 0.346. The third-order valence-corrected chi connectivity index (χ3v) is 8.81. The minimum absolute atomic E-state index is 0.346. The number of nitrogens with zero attached hydrogens (tertiary/aromatic N) is 2. The summed E-state index contributed by atoms with van der Waals surface area (Å²) in [6.45, 7) is 12.8. The first-order valence-electron chi connectivity index (χ1n) is 16.4. The van der Waals surface area contributed by atoms with Gasteiger partial charge in [-0.25, -0.2) is 0 Å². The summed E-state index contributed by atoms with van der Waals surface area (Å²) in [7, 11) is 0. The Hall–Kier alpha value is -5.60. The van der Waals surface area contributed by atoms with Crippen LogP contribution in [0.2, 0.25) is 0 Å². The predicted octanol–water partition coefficient (Wildman–Crippen LogP) is 12.7. The highest BCUT2D eigenvalue weighted by molar-refractivity contribution is 5.80. The molecule has 0 N–H and O–H groups in total. The Labute approximate surface area is 280 Å². The molecule has 0 saturated carbocycles. The van der Waals surface area contributed by atoms with Crippen molar-refractivity contribution < 1.29 is 0 Å². The van der Waals surface area contributed by atoms with Crippen molar-refractivity contribution in [3.05, 3.63) is 194 Å². The first-order valence-corrected chi connectivity index (χ1v) is 16.4. The molecule has 1 aliphatic rings. The Balaban J connectivity index is 1.41. The summed E-state index contributed by atoms with van der Waals surface area (Å²) in [4.78, 5) is 4.51. The fraction of sp³-hybridized carbons (Fsp3) is 0.111. The molecule has 47 heavy (non-hydrogen) atoms. The van der Waals surface area contributed by atoms with Crippen molar-refractivity contribution in [3.8, 4) is 22.3 Å². The van der Waals surface area contributed by atoms with Crippen LogP contribution in [-0.2, 0) is 6.42 Å². The largest absolute Gasteiger partial charge is 0.317 e. The van der Waals surface area contributed by atoms with Crippen LogP contribution in [-0.4, -0.2) is 0 Å². The highest BCUT2D eigenvalue weighted by Crippen LogP contribution is 2.40. The molecule has 5 aromatic carbocycles. The molecule has 0 saturated heterocycles. The maximum Gasteiger partial charge on any atom is 0.0496 e. The van der Waals surface area contributed by atoms with Crippen LogP contribution in [0.4, 0.5) is 22.7 Å². The Morgan fingerprint density at radius 2 is 1.45 bits per heavy atom. The Morgan fingerprint density at radius 3 is 2.17 bits per heavy atom. The Bertz CT molecular complexity index is 1930. The molecule has 6 rings (SSSR count). The van der Waals surface area contributed by atoms with E-state index in [2.05, 4.69) is 189 Å². The van der Waals surface area contributed by atoms with E-state index < -0.39 is 0 Å². The molecule has 0 bridgehead atoms. The highest BCUT2D eigenvalue weighted by atomic mass is 15.1. The quantitative estimate of drug-likeness (QED) is 0.121. The lowest BCUT2D eigenvalue weighted by molar-refractivity contribution is 0.781. The standard InChI is InChI=1S/C45H42N2/c1-5-7-18-40-32-38(25-29-44(40)47(35(4)6-2)42-21-14-9-15-22-42)39-26-30-45-43(33-39)34(3)17-11-10-16-31-46(45)41-27-23-37(24-28-41)36-19-12-8-13-20-36/h5-16,19-34H,2,4,17-18H2,1,3H3/b7-5-,11-10-,31-16+. The molecule has 0 aliphatic carbocycles. The normalized spacial score (nSPS) is 15.6. The van der Waals surface area contributed by atoms with Gasteiger partial charge in [0.2, 0.25) is 0 Å². The van der Waals surface area contributed by atoms with Crippen LogP contribution in [0.15, 0.2) is 183 Å². The van der Waals surface area contributed by atoms with Gasteiger partial charge in [0, 0.05) is 34.6 Å². The number of hydrogen-bond donors (Lipinski definition) is 0. The zero-order valence-corrected chi connectivity index (χ0v) is 27.4. The zero-order valence-electron chi connectivity index (χ0n) is 27.4. The fourth-order valence-electron chi connectivity index (χ4n) is 6.24. The first kappa shape index (κ1) is 31.4. The van der Waals surface area contributed by atoms with Gasteiger partial charge in [0.25, 0.3) is 0 Å². The maximum absolute atomic E-state index is 4.34. The molecular weight excluding hydrogens is 569 g/mol. The fourth-order valence-corrected chi connectivity index (χ4v) is 6.24. The molecular formula is C45H42N2. The van der Waals surface area contributed by atoms with Crippen molar-refractivity contribution in [2.75, 3.05) is 9.80 Å². The van der Waals surface area contributed by atoms with E-state index in [1.807, 2.05) is 12.1 Å². The molecule has 232 valence electrons. The number of para-hydroxylation sites is 1. The minimum atomic E-state index is 0.346. The van der Waals surface area contributed by atoms with Crippen molar-refractivity contribution in [1.82, 2.24) is 0 Å². The van der Waals surface area contributed by atoms with Gasteiger partial charge in [-0.05, 0) is 120 Å². The smallest absolute Gasteiger partial charge is 0.0496 e. The van der Waals surface area contributed by atoms with Gasteiger partial charge in [0.1, 0.15) is 0 Å². The third-order valence-electron chi connectivity index (χ3n) is 8.81. The minimum Gasteiger partial charge on any atom is -0.317 e. The van der Waals surface area contributed by atoms with Crippen molar-refractivity contribution in [3.63, 3.8) is 0 Å². The van der Waals surface area contributed by atoms with Gasteiger partial charge >= 0.3 is 0 Å². The summed E-state index contributed by atoms with van der Waals surface area (Å²) >= 11 is 0. The summed E-state index contributed by atoms with van der Waals surface area (Å²) in [6.07, 6.45) is 16.7. The van der Waals surface area contributed by atoms with E-state index in [0.29, 0.717) is 5.92 Å². The molecule has 2 nitrogen and oxygen atoms in total. The van der Waals surface area contributed by atoms with E-state index in [1.54, 1.807) is 0 Å². The van der Waals surface area contributed by atoms with Crippen LogP contribution in [0.1, 0.15) is 37.3 Å². The molecule has 0 fully saturated rings. The molecule has 1 unspecified atom stereocenters. The first-order chi connectivity index (χ1) is 23.1. The Kier molecular flexibility index (Phi) is 9.79. The second kappa shape index (κ2) is 14.7. The van der Waals surface area contributed by atoms with Gasteiger partial charge in [-0.3, -0.25) is 0 Å². The van der Waals surface area contributed by atoms with Gasteiger partial charge in [0.05, 0.1) is 0 Å². The highest BCUT2D eigenvalue weighted by Gasteiger charge is 2.20. The number of anilines is 4. The second-order valence-corrected chi connectivity index (χ2v) is 11.9. The maximum atomic E-state index is 4.34. The van der Waals surface area contributed by atoms with Crippen LogP contribution in [0, 0.1) is 0 Å².